The number of aliphatic imine (C=N–C) groups is 1. The summed E-state index contributed by atoms with van der Waals surface area (Å²) in [4.78, 5) is 55.4. The van der Waals surface area contributed by atoms with Gasteiger partial charge < -0.3 is 45.2 Å². The van der Waals surface area contributed by atoms with Gasteiger partial charge in [-0.2, -0.15) is 0 Å². The fraction of sp³-hybridized carbons (Fsp3) is 0.276. The molecule has 4 aromatic rings. The van der Waals surface area contributed by atoms with Gasteiger partial charge in [-0.1, -0.05) is 16.9 Å². The van der Waals surface area contributed by atoms with Gasteiger partial charge in [-0.05, 0) is 0 Å². The number of carbonyl (C=O) groups is 2. The standard InChI is InChI=1S/C29H27N9O9S4.Na/c30-28-32-17(13-51-28)20(36-46-6-8-49-29-35-34-24(47-29)16-9-18(40)19(41)10-31-16)23(42)33-21-25(43)38-22(27(44)45)14(12-50-26(21)38)11-37-3-1-15(2-4-37)48-7-5-39;/h1-4,9-10,13,21,26,39H,5-8,11-12H2,(H5-,30,31,32,33,34,36,40,41,42,44,45);/q;+1/p-1/t21-,26-;/m1./s1. The van der Waals surface area contributed by atoms with E-state index in [1.165, 1.54) is 28.9 Å². The zero-order valence-electron chi connectivity index (χ0n) is 27.0. The van der Waals surface area contributed by atoms with E-state index in [0.29, 0.717) is 11.3 Å². The third-order valence-corrected chi connectivity index (χ3v) is 10.9. The monoisotopic (exact) mass is 795 g/mol. The molecule has 0 saturated carbocycles. The summed E-state index contributed by atoms with van der Waals surface area (Å²) in [7, 11) is 0. The largest absolute Gasteiger partial charge is 1.00 e. The van der Waals surface area contributed by atoms with Gasteiger partial charge in [0.25, 0.3) is 17.0 Å². The topological polar surface area (TPSA) is 272 Å². The third-order valence-electron chi connectivity index (χ3n) is 7.12. The maximum Gasteiger partial charge on any atom is 1.00 e. The van der Waals surface area contributed by atoms with Crippen molar-refractivity contribution in [3.63, 3.8) is 0 Å². The number of hydrogen-bond donors (Lipinski definition) is 4. The number of amides is 1. The second-order valence-electron chi connectivity index (χ2n) is 10.5. The second-order valence-corrected chi connectivity index (χ2v) is 14.7. The molecule has 266 valence electrons. The number of fused-ring (bicyclic) bond motifs is 1. The number of anilines is 1. The summed E-state index contributed by atoms with van der Waals surface area (Å²) < 4.78 is 7.28. The van der Waals surface area contributed by atoms with E-state index in [1.54, 1.807) is 17.0 Å². The number of nitrogens with one attached hydrogen (secondary N) is 1. The maximum absolute atomic E-state index is 13.4. The van der Waals surface area contributed by atoms with Crippen LogP contribution in [0.3, 0.4) is 0 Å². The number of thiazole rings is 1. The number of nitrogens with zero attached hydrogens (tertiary/aromatic N) is 7. The van der Waals surface area contributed by atoms with Crippen LogP contribution in [0, 0.1) is 0 Å². The van der Waals surface area contributed by atoms with Crippen LogP contribution in [-0.2, 0) is 21.0 Å². The summed E-state index contributed by atoms with van der Waals surface area (Å²) in [6.45, 7) is 0.211. The average Bonchev–Trinajstić information content (AvgIpc) is 3.78. The van der Waals surface area contributed by atoms with Crippen LogP contribution in [0.25, 0.3) is 11.6 Å². The van der Waals surface area contributed by atoms with E-state index in [4.69, 9.17) is 20.1 Å². The molecule has 23 heteroatoms. The van der Waals surface area contributed by atoms with E-state index in [-0.39, 0.29) is 99.9 Å². The Morgan fingerprint density at radius 2 is 2.02 bits per heavy atom. The van der Waals surface area contributed by atoms with Gasteiger partial charge >= 0.3 is 29.6 Å². The summed E-state index contributed by atoms with van der Waals surface area (Å²) in [6, 6.07) is 3.63. The SMILES string of the molecule is Nc1nc(/C(=N/OCCSc2nnc(-c3cc(=O)c(O)c[nH]3)o2)C([O-])=N[C@@H]2C(=O)N3C(C(=O)[O-])=C(C[n+]4ccc(SCCO)cc4)CS[C@H]23)cs1.[Na+]. The minimum Gasteiger partial charge on any atom is -0.857 e. The molecule has 0 bridgehead atoms. The van der Waals surface area contributed by atoms with Crippen LogP contribution in [0.15, 0.2) is 82.9 Å². The van der Waals surface area contributed by atoms with Crippen LogP contribution in [0.5, 0.6) is 5.75 Å². The molecule has 1 fully saturated rings. The summed E-state index contributed by atoms with van der Waals surface area (Å²) in [6.07, 6.45) is 4.67. The quantitative estimate of drug-likeness (QED) is 0.0130. The predicted molar refractivity (Wildman–Crippen MR) is 183 cm³/mol. The van der Waals surface area contributed by atoms with E-state index in [1.807, 2.05) is 12.1 Å². The van der Waals surface area contributed by atoms with Crippen molar-refractivity contribution in [2.24, 2.45) is 10.1 Å². The molecule has 52 heavy (non-hydrogen) atoms. The van der Waals surface area contributed by atoms with E-state index in [9.17, 15) is 29.7 Å². The molecule has 1 saturated heterocycles. The van der Waals surface area contributed by atoms with Gasteiger partial charge in [0.1, 0.15) is 29.1 Å². The number of aromatic nitrogens is 5. The molecule has 0 aliphatic carbocycles. The molecule has 5 N–H and O–H groups in total. The molecule has 6 rings (SSSR count). The molecular formula is C29H26N9NaO9S4. The van der Waals surface area contributed by atoms with E-state index >= 15 is 0 Å². The molecule has 6 heterocycles. The Kier molecular flexibility index (Phi) is 13.4. The van der Waals surface area contributed by atoms with Gasteiger partial charge in [0.15, 0.2) is 35.9 Å². The maximum atomic E-state index is 13.4. The fourth-order valence-electron chi connectivity index (χ4n) is 4.81. The Morgan fingerprint density at radius 1 is 1.23 bits per heavy atom. The molecule has 0 radical (unpaired) electrons. The van der Waals surface area contributed by atoms with Crippen molar-refractivity contribution >= 4 is 75.2 Å². The Labute approximate surface area is 332 Å². The van der Waals surface area contributed by atoms with E-state index in [2.05, 4.69) is 30.3 Å². The molecule has 4 aromatic heterocycles. The molecule has 0 unspecified atom stereocenters. The van der Waals surface area contributed by atoms with Crippen LogP contribution in [-0.4, -0.2) is 101 Å². The zero-order chi connectivity index (χ0) is 36.1. The Morgan fingerprint density at radius 3 is 2.71 bits per heavy atom. The van der Waals surface area contributed by atoms with Gasteiger partial charge in [0.2, 0.25) is 5.43 Å². The minimum atomic E-state index is -1.51. The first-order valence-electron chi connectivity index (χ1n) is 14.8. The minimum absolute atomic E-state index is 0. The number of aliphatic hydroxyl groups is 1. The number of nitrogens with two attached hydrogens (primary N) is 1. The van der Waals surface area contributed by atoms with Crippen molar-refractivity contribution < 1.29 is 73.4 Å². The van der Waals surface area contributed by atoms with Gasteiger partial charge in [0, 0.05) is 63.4 Å². The van der Waals surface area contributed by atoms with Crippen molar-refractivity contribution in [1.82, 2.24) is 25.1 Å². The summed E-state index contributed by atoms with van der Waals surface area (Å²) >= 11 is 4.92. The van der Waals surface area contributed by atoms with Crippen LogP contribution in [0.2, 0.25) is 0 Å². The first-order chi connectivity index (χ1) is 24.6. The smallest absolute Gasteiger partial charge is 0.857 e. The number of pyridine rings is 2. The number of β-lactam (4-membered cyclic amide) rings is 1. The first-order valence-corrected chi connectivity index (χ1v) is 18.7. The normalized spacial score (nSPS) is 17.4. The number of hydrogen-bond acceptors (Lipinski definition) is 19. The zero-order valence-corrected chi connectivity index (χ0v) is 32.3. The average molecular weight is 796 g/mol. The number of aromatic hydroxyl groups is 1. The van der Waals surface area contributed by atoms with Crippen molar-refractivity contribution in [2.75, 3.05) is 36.2 Å². The second kappa shape index (κ2) is 17.7. The summed E-state index contributed by atoms with van der Waals surface area (Å²) in [5, 5.41) is 56.8. The molecular weight excluding hydrogens is 770 g/mol. The van der Waals surface area contributed by atoms with Crippen LogP contribution in [0.4, 0.5) is 5.13 Å². The molecule has 1 amide bonds. The van der Waals surface area contributed by atoms with Gasteiger partial charge in [-0.3, -0.25) is 19.5 Å². The fourth-order valence-corrected chi connectivity index (χ4v) is 7.88. The number of rotatable bonds is 15. The van der Waals surface area contributed by atoms with E-state index < -0.39 is 40.4 Å². The van der Waals surface area contributed by atoms with Crippen LogP contribution in [0.1, 0.15) is 5.69 Å². The summed E-state index contributed by atoms with van der Waals surface area (Å²) in [5.74, 6) is -2.47. The Balaban J connectivity index is 0.00000523. The number of carbonyl (C=O) groups excluding carboxylic acids is 2. The molecule has 0 spiro atoms. The number of aliphatic carboxylic acids is 1. The predicted octanol–water partition coefficient (Wildman–Crippen LogP) is -4.20. The number of H-pyrrole nitrogens is 1. The number of carboxylic acids is 1. The summed E-state index contributed by atoms with van der Waals surface area (Å²) in [5.41, 5.74) is 5.37. The number of aromatic amines is 1. The van der Waals surface area contributed by atoms with Crippen molar-refractivity contribution in [3.05, 3.63) is 69.4 Å². The van der Waals surface area contributed by atoms with Gasteiger partial charge in [-0.25, -0.2) is 9.55 Å². The van der Waals surface area contributed by atoms with Crippen molar-refractivity contribution in [2.45, 2.75) is 28.1 Å². The van der Waals surface area contributed by atoms with Crippen molar-refractivity contribution in [1.29, 1.82) is 0 Å². The van der Waals surface area contributed by atoms with Crippen LogP contribution >= 0.6 is 46.6 Å². The van der Waals surface area contributed by atoms with E-state index in [0.717, 1.165) is 45.2 Å². The number of aliphatic hydroxyl groups excluding tert-OH is 1. The third kappa shape index (κ3) is 9.00. The number of carboxylic acid groups (broad SMARTS) is 1. The Bertz CT molecular complexity index is 2090. The molecule has 0 aromatic carbocycles. The number of nitrogen functional groups attached to an aromatic ring is 1. The Hall–Kier alpha value is -3.90. The molecule has 18 nitrogen and oxygen atoms in total. The van der Waals surface area contributed by atoms with Gasteiger partial charge in [0.05, 0.1) is 18.3 Å². The molecule has 2 atom stereocenters. The molecule has 2 aliphatic rings. The first kappa shape index (κ1) is 39.3. The van der Waals surface area contributed by atoms with Crippen LogP contribution < -0.4 is 55.5 Å². The number of oxime groups is 1. The van der Waals surface area contributed by atoms with Crippen molar-refractivity contribution in [3.8, 4) is 17.3 Å². The number of thioether (sulfide) groups is 3. The van der Waals surface area contributed by atoms with Gasteiger partial charge in [-0.15, -0.1) is 45.1 Å². The molecule has 2 aliphatic heterocycles.